The summed E-state index contributed by atoms with van der Waals surface area (Å²) in [5.41, 5.74) is 3.73. The van der Waals surface area contributed by atoms with Gasteiger partial charge in [0.25, 0.3) is 0 Å². The first-order valence-electron chi connectivity index (χ1n) is 12.6. The van der Waals surface area contributed by atoms with Crippen LogP contribution in [0, 0.1) is 5.92 Å². The summed E-state index contributed by atoms with van der Waals surface area (Å²) >= 11 is 11.1. The molecule has 192 valence electrons. The first kappa shape index (κ1) is 28.0. The highest BCUT2D eigenvalue weighted by atomic mass is 35.5. The Bertz CT molecular complexity index is 1100. The maximum Gasteiger partial charge on any atom is 0.226 e. The second-order valence-electron chi connectivity index (χ2n) is 9.57. The van der Waals surface area contributed by atoms with Gasteiger partial charge in [0.1, 0.15) is 5.75 Å². The molecule has 0 radical (unpaired) electrons. The highest BCUT2D eigenvalue weighted by molar-refractivity contribution is 6.42. The van der Waals surface area contributed by atoms with Crippen molar-refractivity contribution in [3.8, 4) is 5.75 Å². The summed E-state index contributed by atoms with van der Waals surface area (Å²) in [6, 6.07) is 23.6. The SMILES string of the molecule is CC(C)C(=O)Nc1cccc(C2CCN(CCCc3ccccc3)CC2)c1.Oc1ccc(Cl)c(Cl)c1. The lowest BCUT2D eigenvalue weighted by Gasteiger charge is -2.32. The van der Waals surface area contributed by atoms with Crippen molar-refractivity contribution in [2.45, 2.75) is 45.4 Å². The third kappa shape index (κ3) is 9.16. The average Bonchev–Trinajstić information content (AvgIpc) is 2.88. The fourth-order valence-corrected chi connectivity index (χ4v) is 4.58. The Hall–Kier alpha value is -2.53. The number of rotatable bonds is 7. The number of hydrogen-bond donors (Lipinski definition) is 2. The van der Waals surface area contributed by atoms with E-state index in [0.717, 1.165) is 5.69 Å². The van der Waals surface area contributed by atoms with E-state index in [9.17, 15) is 4.79 Å². The van der Waals surface area contributed by atoms with Crippen LogP contribution in [-0.2, 0) is 11.2 Å². The first-order chi connectivity index (χ1) is 17.3. The van der Waals surface area contributed by atoms with Gasteiger partial charge in [-0.15, -0.1) is 0 Å². The Morgan fingerprint density at radius 2 is 1.69 bits per heavy atom. The quantitative estimate of drug-likeness (QED) is 0.330. The van der Waals surface area contributed by atoms with Crippen LogP contribution >= 0.6 is 23.2 Å². The van der Waals surface area contributed by atoms with Crippen molar-refractivity contribution in [1.82, 2.24) is 4.90 Å². The van der Waals surface area contributed by atoms with Gasteiger partial charge in [0.05, 0.1) is 10.0 Å². The Balaban J connectivity index is 0.000000338. The van der Waals surface area contributed by atoms with Crippen LogP contribution in [-0.4, -0.2) is 35.5 Å². The molecular formula is C30H36Cl2N2O2. The molecular weight excluding hydrogens is 491 g/mol. The Morgan fingerprint density at radius 3 is 2.33 bits per heavy atom. The van der Waals surface area contributed by atoms with Gasteiger partial charge in [-0.1, -0.05) is 79.5 Å². The molecule has 2 N–H and O–H groups in total. The minimum atomic E-state index is 0.00720. The number of aryl methyl sites for hydroxylation is 1. The molecule has 0 aliphatic carbocycles. The zero-order valence-electron chi connectivity index (χ0n) is 21.1. The van der Waals surface area contributed by atoms with Crippen molar-refractivity contribution < 1.29 is 9.90 Å². The molecule has 1 amide bonds. The number of likely N-dealkylation sites (tertiary alicyclic amines) is 1. The lowest BCUT2D eigenvalue weighted by Crippen LogP contribution is -2.33. The molecule has 0 aromatic heterocycles. The van der Waals surface area contributed by atoms with Crippen LogP contribution in [0.2, 0.25) is 10.0 Å². The van der Waals surface area contributed by atoms with Crippen LogP contribution in [0.4, 0.5) is 5.69 Å². The Morgan fingerprint density at radius 1 is 0.972 bits per heavy atom. The monoisotopic (exact) mass is 526 g/mol. The van der Waals surface area contributed by atoms with E-state index in [0.29, 0.717) is 16.0 Å². The van der Waals surface area contributed by atoms with Gasteiger partial charge in [0, 0.05) is 11.6 Å². The number of amides is 1. The molecule has 0 spiro atoms. The summed E-state index contributed by atoms with van der Waals surface area (Å²) in [7, 11) is 0. The number of piperidine rings is 1. The van der Waals surface area contributed by atoms with E-state index in [2.05, 4.69) is 58.7 Å². The molecule has 1 saturated heterocycles. The van der Waals surface area contributed by atoms with Gasteiger partial charge in [-0.3, -0.25) is 4.79 Å². The minimum Gasteiger partial charge on any atom is -0.508 e. The van der Waals surface area contributed by atoms with Crippen LogP contribution in [0.5, 0.6) is 5.75 Å². The third-order valence-electron chi connectivity index (χ3n) is 6.42. The molecule has 0 unspecified atom stereocenters. The smallest absolute Gasteiger partial charge is 0.226 e. The molecule has 0 atom stereocenters. The molecule has 1 aliphatic heterocycles. The number of phenolic OH excluding ortho intramolecular Hbond substituents is 1. The summed E-state index contributed by atoms with van der Waals surface area (Å²) in [6.07, 6.45) is 4.80. The van der Waals surface area contributed by atoms with Crippen molar-refractivity contribution in [2.24, 2.45) is 5.92 Å². The van der Waals surface area contributed by atoms with Gasteiger partial charge in [-0.05, 0) is 92.7 Å². The van der Waals surface area contributed by atoms with E-state index in [-0.39, 0.29) is 17.6 Å². The van der Waals surface area contributed by atoms with E-state index in [1.54, 1.807) is 6.07 Å². The Kier molecular flexibility index (Phi) is 11.1. The molecule has 6 heteroatoms. The number of hydrogen-bond acceptors (Lipinski definition) is 3. The van der Waals surface area contributed by atoms with Crippen LogP contribution in [0.3, 0.4) is 0 Å². The molecule has 4 rings (SSSR count). The van der Waals surface area contributed by atoms with E-state index < -0.39 is 0 Å². The highest BCUT2D eigenvalue weighted by Crippen LogP contribution is 2.30. The number of nitrogens with one attached hydrogen (secondary N) is 1. The van der Waals surface area contributed by atoms with Gasteiger partial charge < -0.3 is 15.3 Å². The number of carbonyl (C=O) groups is 1. The molecule has 4 nitrogen and oxygen atoms in total. The second-order valence-corrected chi connectivity index (χ2v) is 10.4. The minimum absolute atomic E-state index is 0.00720. The predicted molar refractivity (Wildman–Crippen MR) is 151 cm³/mol. The lowest BCUT2D eigenvalue weighted by molar-refractivity contribution is -0.118. The molecule has 1 fully saturated rings. The summed E-state index contributed by atoms with van der Waals surface area (Å²) in [5.74, 6) is 0.823. The molecule has 3 aromatic carbocycles. The van der Waals surface area contributed by atoms with E-state index in [4.69, 9.17) is 28.3 Å². The highest BCUT2D eigenvalue weighted by Gasteiger charge is 2.20. The van der Waals surface area contributed by atoms with Gasteiger partial charge >= 0.3 is 0 Å². The van der Waals surface area contributed by atoms with E-state index >= 15 is 0 Å². The molecule has 0 bridgehead atoms. The fraction of sp³-hybridized carbons (Fsp3) is 0.367. The maximum absolute atomic E-state index is 11.9. The lowest BCUT2D eigenvalue weighted by atomic mass is 9.89. The summed E-state index contributed by atoms with van der Waals surface area (Å²) < 4.78 is 0. The van der Waals surface area contributed by atoms with Gasteiger partial charge in [0.15, 0.2) is 0 Å². The topological polar surface area (TPSA) is 52.6 Å². The number of aromatic hydroxyl groups is 1. The van der Waals surface area contributed by atoms with Crippen LogP contribution in [0.1, 0.15) is 50.2 Å². The summed E-state index contributed by atoms with van der Waals surface area (Å²) in [6.45, 7) is 7.37. The zero-order valence-corrected chi connectivity index (χ0v) is 22.6. The van der Waals surface area contributed by atoms with Crippen LogP contribution in [0.15, 0.2) is 72.8 Å². The number of halogens is 2. The molecule has 1 heterocycles. The number of anilines is 1. The normalized spacial score (nSPS) is 14.2. The molecule has 36 heavy (non-hydrogen) atoms. The molecule has 0 saturated carbocycles. The van der Waals surface area contributed by atoms with Crippen LogP contribution in [0.25, 0.3) is 0 Å². The third-order valence-corrected chi connectivity index (χ3v) is 7.16. The van der Waals surface area contributed by atoms with Gasteiger partial charge in [-0.25, -0.2) is 0 Å². The fourth-order valence-electron chi connectivity index (χ4n) is 4.28. The average molecular weight is 528 g/mol. The van der Waals surface area contributed by atoms with E-state index in [1.807, 2.05) is 19.9 Å². The largest absolute Gasteiger partial charge is 0.508 e. The second kappa shape index (κ2) is 14.3. The number of nitrogens with zero attached hydrogens (tertiary/aromatic N) is 1. The summed E-state index contributed by atoms with van der Waals surface area (Å²) in [5, 5.41) is 12.6. The van der Waals surface area contributed by atoms with Crippen molar-refractivity contribution in [1.29, 1.82) is 0 Å². The molecule has 3 aromatic rings. The number of benzene rings is 3. The Labute approximate surface area is 225 Å². The van der Waals surface area contributed by atoms with Gasteiger partial charge in [0.2, 0.25) is 5.91 Å². The standard InChI is InChI=1S/C24H32N2O.C6H4Cl2O/c1-19(2)24(27)25-23-12-6-11-22(18-23)21-13-16-26(17-14-21)15-7-10-20-8-4-3-5-9-20;7-5-2-1-4(9)3-6(5)8/h3-6,8-9,11-12,18-19,21H,7,10,13-17H2,1-2H3,(H,25,27);1-3,9H. The van der Waals surface area contributed by atoms with E-state index in [1.165, 1.54) is 68.6 Å². The number of phenols is 1. The van der Waals surface area contributed by atoms with Crippen molar-refractivity contribution in [3.63, 3.8) is 0 Å². The summed E-state index contributed by atoms with van der Waals surface area (Å²) in [4.78, 5) is 14.5. The van der Waals surface area contributed by atoms with Crippen molar-refractivity contribution >= 4 is 34.8 Å². The molecule has 1 aliphatic rings. The predicted octanol–water partition coefficient (Wildman–Crippen LogP) is 7.79. The number of carbonyl (C=O) groups excluding carboxylic acids is 1. The van der Waals surface area contributed by atoms with Crippen LogP contribution < -0.4 is 5.32 Å². The first-order valence-corrected chi connectivity index (χ1v) is 13.4. The van der Waals surface area contributed by atoms with Crippen molar-refractivity contribution in [3.05, 3.63) is 94.0 Å². The van der Waals surface area contributed by atoms with Crippen molar-refractivity contribution in [2.75, 3.05) is 25.0 Å². The zero-order chi connectivity index (χ0) is 25.9. The maximum atomic E-state index is 11.9. The van der Waals surface area contributed by atoms with Gasteiger partial charge in [-0.2, -0.15) is 0 Å².